The molecular formula is C15H24ClN3O. The van der Waals surface area contributed by atoms with Gasteiger partial charge >= 0.3 is 0 Å². The van der Waals surface area contributed by atoms with Crippen molar-refractivity contribution in [2.24, 2.45) is 0 Å². The molecule has 2 N–H and O–H groups in total. The Morgan fingerprint density at radius 3 is 2.50 bits per heavy atom. The van der Waals surface area contributed by atoms with Crippen molar-refractivity contribution < 1.29 is 4.79 Å². The van der Waals surface area contributed by atoms with Gasteiger partial charge in [0.1, 0.15) is 0 Å². The standard InChI is InChI=1S/C15H24ClN3O/c1-15(2,3)18-9-11-6-7-13(12(16)8-11)19(5)10-14(20)17-4/h6-8,18H,9-10H2,1-5H3,(H,17,20). The van der Waals surface area contributed by atoms with E-state index in [0.29, 0.717) is 5.02 Å². The van der Waals surface area contributed by atoms with Gasteiger partial charge in [-0.15, -0.1) is 0 Å². The lowest BCUT2D eigenvalue weighted by Gasteiger charge is -2.22. The molecule has 0 aliphatic rings. The van der Waals surface area contributed by atoms with E-state index in [1.807, 2.05) is 30.1 Å². The molecule has 1 rings (SSSR count). The van der Waals surface area contributed by atoms with Crippen LogP contribution in [0.1, 0.15) is 26.3 Å². The average Bonchev–Trinajstić information content (AvgIpc) is 2.35. The van der Waals surface area contributed by atoms with E-state index in [4.69, 9.17) is 11.6 Å². The molecule has 0 atom stereocenters. The van der Waals surface area contributed by atoms with Gasteiger partial charge in [-0.25, -0.2) is 0 Å². The number of nitrogens with zero attached hydrogens (tertiary/aromatic N) is 1. The van der Waals surface area contributed by atoms with Crippen LogP contribution in [0.25, 0.3) is 0 Å². The Hall–Kier alpha value is -1.26. The molecule has 0 saturated carbocycles. The summed E-state index contributed by atoms with van der Waals surface area (Å²) in [6, 6.07) is 5.92. The number of rotatable bonds is 5. The number of hydrogen-bond acceptors (Lipinski definition) is 3. The van der Waals surface area contributed by atoms with Gasteiger partial charge < -0.3 is 15.5 Å². The Kier molecular flexibility index (Phi) is 5.84. The van der Waals surface area contributed by atoms with Gasteiger partial charge in [-0.1, -0.05) is 17.7 Å². The Labute approximate surface area is 126 Å². The average molecular weight is 298 g/mol. The Balaban J connectivity index is 2.75. The summed E-state index contributed by atoms with van der Waals surface area (Å²) in [5.41, 5.74) is 2.05. The van der Waals surface area contributed by atoms with Crippen LogP contribution in [0, 0.1) is 0 Å². The fraction of sp³-hybridized carbons (Fsp3) is 0.533. The van der Waals surface area contributed by atoms with Crippen LogP contribution in [0.15, 0.2) is 18.2 Å². The van der Waals surface area contributed by atoms with Crippen molar-refractivity contribution in [2.75, 3.05) is 25.5 Å². The maximum Gasteiger partial charge on any atom is 0.239 e. The first-order valence-corrected chi connectivity index (χ1v) is 7.06. The molecular weight excluding hydrogens is 274 g/mol. The Bertz CT molecular complexity index is 469. The molecule has 4 nitrogen and oxygen atoms in total. The van der Waals surface area contributed by atoms with Crippen LogP contribution in [-0.4, -0.2) is 32.1 Å². The van der Waals surface area contributed by atoms with E-state index >= 15 is 0 Å². The molecule has 0 spiro atoms. The minimum atomic E-state index is -0.0398. The maximum atomic E-state index is 11.4. The molecule has 0 heterocycles. The van der Waals surface area contributed by atoms with Crippen LogP contribution in [-0.2, 0) is 11.3 Å². The summed E-state index contributed by atoms with van der Waals surface area (Å²) >= 11 is 6.30. The summed E-state index contributed by atoms with van der Waals surface area (Å²) in [5, 5.41) is 6.68. The lowest BCUT2D eigenvalue weighted by molar-refractivity contribution is -0.119. The van der Waals surface area contributed by atoms with Gasteiger partial charge in [0.15, 0.2) is 0 Å². The summed E-state index contributed by atoms with van der Waals surface area (Å²) in [7, 11) is 3.47. The molecule has 1 aromatic rings. The zero-order chi connectivity index (χ0) is 15.3. The number of nitrogens with one attached hydrogen (secondary N) is 2. The number of halogens is 1. The second kappa shape index (κ2) is 6.95. The predicted octanol–water partition coefficient (Wildman–Crippen LogP) is 2.41. The lowest BCUT2D eigenvalue weighted by atomic mass is 10.1. The van der Waals surface area contributed by atoms with Crippen molar-refractivity contribution in [1.82, 2.24) is 10.6 Å². The molecule has 0 bridgehead atoms. The van der Waals surface area contributed by atoms with Crippen molar-refractivity contribution >= 4 is 23.2 Å². The minimum absolute atomic E-state index is 0.0398. The number of likely N-dealkylation sites (N-methyl/N-ethyl adjacent to an activating group) is 2. The molecule has 0 unspecified atom stereocenters. The zero-order valence-electron chi connectivity index (χ0n) is 12.9. The largest absolute Gasteiger partial charge is 0.364 e. The number of carbonyl (C=O) groups is 1. The summed E-state index contributed by atoms with van der Waals surface area (Å²) in [6.45, 7) is 7.43. The van der Waals surface area contributed by atoms with Gasteiger partial charge in [0.25, 0.3) is 0 Å². The Morgan fingerprint density at radius 2 is 2.00 bits per heavy atom. The number of carbonyl (C=O) groups excluding carboxylic acids is 1. The first-order chi connectivity index (χ1) is 9.23. The number of hydrogen-bond donors (Lipinski definition) is 2. The van der Waals surface area contributed by atoms with Crippen LogP contribution in [0.4, 0.5) is 5.69 Å². The smallest absolute Gasteiger partial charge is 0.239 e. The highest BCUT2D eigenvalue weighted by atomic mass is 35.5. The molecule has 0 saturated heterocycles. The second-order valence-corrected chi connectivity index (χ2v) is 6.33. The summed E-state index contributed by atoms with van der Waals surface area (Å²) in [6.07, 6.45) is 0. The second-order valence-electron chi connectivity index (χ2n) is 5.92. The highest BCUT2D eigenvalue weighted by molar-refractivity contribution is 6.33. The van der Waals surface area contributed by atoms with E-state index in [-0.39, 0.29) is 18.0 Å². The zero-order valence-corrected chi connectivity index (χ0v) is 13.6. The van der Waals surface area contributed by atoms with Crippen molar-refractivity contribution in [1.29, 1.82) is 0 Å². The van der Waals surface area contributed by atoms with Gasteiger partial charge in [-0.2, -0.15) is 0 Å². The highest BCUT2D eigenvalue weighted by Crippen LogP contribution is 2.26. The van der Waals surface area contributed by atoms with E-state index in [9.17, 15) is 4.79 Å². The van der Waals surface area contributed by atoms with Crippen molar-refractivity contribution in [3.63, 3.8) is 0 Å². The van der Waals surface area contributed by atoms with Crippen LogP contribution in [0.3, 0.4) is 0 Å². The topological polar surface area (TPSA) is 44.4 Å². The third kappa shape index (κ3) is 5.39. The van der Waals surface area contributed by atoms with Crippen LogP contribution in [0.5, 0.6) is 0 Å². The highest BCUT2D eigenvalue weighted by Gasteiger charge is 2.12. The molecule has 0 fully saturated rings. The van der Waals surface area contributed by atoms with Crippen molar-refractivity contribution in [2.45, 2.75) is 32.9 Å². The molecule has 5 heteroatoms. The summed E-state index contributed by atoms with van der Waals surface area (Å²) in [4.78, 5) is 13.2. The van der Waals surface area contributed by atoms with Gasteiger partial charge in [0, 0.05) is 26.2 Å². The SMILES string of the molecule is CNC(=O)CN(C)c1ccc(CNC(C)(C)C)cc1Cl. The Morgan fingerprint density at radius 1 is 1.35 bits per heavy atom. The van der Waals surface area contributed by atoms with E-state index in [1.165, 1.54) is 0 Å². The summed E-state index contributed by atoms with van der Waals surface area (Å²) in [5.74, 6) is -0.0398. The molecule has 0 aliphatic heterocycles. The van der Waals surface area contributed by atoms with E-state index in [1.54, 1.807) is 7.05 Å². The van der Waals surface area contributed by atoms with E-state index in [2.05, 4.69) is 31.4 Å². The molecule has 112 valence electrons. The van der Waals surface area contributed by atoms with Gasteiger partial charge in [-0.3, -0.25) is 4.79 Å². The van der Waals surface area contributed by atoms with Crippen molar-refractivity contribution in [3.8, 4) is 0 Å². The molecule has 0 radical (unpaired) electrons. The van der Waals surface area contributed by atoms with Gasteiger partial charge in [0.05, 0.1) is 17.3 Å². The minimum Gasteiger partial charge on any atom is -0.364 e. The third-order valence-corrected chi connectivity index (χ3v) is 3.21. The first-order valence-electron chi connectivity index (χ1n) is 6.68. The van der Waals surface area contributed by atoms with E-state index < -0.39 is 0 Å². The van der Waals surface area contributed by atoms with Crippen molar-refractivity contribution in [3.05, 3.63) is 28.8 Å². The number of benzene rings is 1. The number of amides is 1. The maximum absolute atomic E-state index is 11.4. The molecule has 1 amide bonds. The van der Waals surface area contributed by atoms with Crippen LogP contribution < -0.4 is 15.5 Å². The quantitative estimate of drug-likeness (QED) is 0.877. The van der Waals surface area contributed by atoms with E-state index in [0.717, 1.165) is 17.8 Å². The molecule has 0 aromatic heterocycles. The fourth-order valence-electron chi connectivity index (χ4n) is 1.72. The van der Waals surface area contributed by atoms with Crippen LogP contribution in [0.2, 0.25) is 5.02 Å². The lowest BCUT2D eigenvalue weighted by Crippen LogP contribution is -2.35. The fourth-order valence-corrected chi connectivity index (χ4v) is 2.06. The van der Waals surface area contributed by atoms with Crippen LogP contribution >= 0.6 is 11.6 Å². The molecule has 1 aromatic carbocycles. The monoisotopic (exact) mass is 297 g/mol. The molecule has 0 aliphatic carbocycles. The summed E-state index contributed by atoms with van der Waals surface area (Å²) < 4.78 is 0. The van der Waals surface area contributed by atoms with Gasteiger partial charge in [-0.05, 0) is 38.5 Å². The number of anilines is 1. The normalized spacial score (nSPS) is 11.3. The molecule has 20 heavy (non-hydrogen) atoms. The van der Waals surface area contributed by atoms with Gasteiger partial charge in [0.2, 0.25) is 5.91 Å². The third-order valence-electron chi connectivity index (χ3n) is 2.91. The predicted molar refractivity (Wildman–Crippen MR) is 85.4 cm³/mol. The first kappa shape index (κ1) is 16.8.